The highest BCUT2D eigenvalue weighted by Gasteiger charge is 2.43. The van der Waals surface area contributed by atoms with Crippen molar-refractivity contribution >= 4 is 0 Å². The van der Waals surface area contributed by atoms with Gasteiger partial charge in [0.05, 0.1) is 6.61 Å². The number of rotatable bonds is 6. The molecule has 0 aromatic heterocycles. The van der Waals surface area contributed by atoms with Crippen LogP contribution in [0.4, 0.5) is 0 Å². The third kappa shape index (κ3) is 7.11. The fraction of sp³-hybridized carbons (Fsp3) is 1.00. The summed E-state index contributed by atoms with van der Waals surface area (Å²) >= 11 is 0. The molecule has 0 radical (unpaired) electrons. The Kier molecular flexibility index (Phi) is 6.37. The maximum Gasteiger partial charge on any atom is 0.0500 e. The zero-order valence-electron chi connectivity index (χ0n) is 16.1. The highest BCUT2D eigenvalue weighted by Crippen LogP contribution is 2.50. The zero-order chi connectivity index (χ0) is 16.4. The molecule has 0 unspecified atom stereocenters. The smallest absolute Gasteiger partial charge is 0.0500 e. The first-order chi connectivity index (χ1) is 8.61. The van der Waals surface area contributed by atoms with Crippen LogP contribution in [-0.2, 0) is 4.74 Å². The summed E-state index contributed by atoms with van der Waals surface area (Å²) in [6.07, 6.45) is 2.45. The van der Waals surface area contributed by atoms with Crippen LogP contribution in [0, 0.1) is 27.6 Å². The molecule has 0 aliphatic carbocycles. The summed E-state index contributed by atoms with van der Waals surface area (Å²) in [4.78, 5) is 0. The highest BCUT2D eigenvalue weighted by atomic mass is 16.5. The van der Waals surface area contributed by atoms with E-state index in [2.05, 4.69) is 69.2 Å². The quantitative estimate of drug-likeness (QED) is 0.566. The highest BCUT2D eigenvalue weighted by molar-refractivity contribution is 4.93. The first-order valence-electron chi connectivity index (χ1n) is 8.10. The Balaban J connectivity index is 5.31. The number of hydrogen-bond acceptors (Lipinski definition) is 1. The molecular formula is C19H40O. The topological polar surface area (TPSA) is 9.23 Å². The third-order valence-corrected chi connectivity index (χ3v) is 4.19. The van der Waals surface area contributed by atoms with E-state index >= 15 is 0 Å². The van der Waals surface area contributed by atoms with Gasteiger partial charge in [0.1, 0.15) is 0 Å². The maximum absolute atomic E-state index is 5.61. The van der Waals surface area contributed by atoms with E-state index in [0.29, 0.717) is 16.7 Å². The van der Waals surface area contributed by atoms with E-state index in [0.717, 1.165) is 6.61 Å². The van der Waals surface area contributed by atoms with E-state index in [1.807, 2.05) is 7.11 Å². The van der Waals surface area contributed by atoms with Crippen molar-refractivity contribution in [2.45, 2.75) is 82.1 Å². The summed E-state index contributed by atoms with van der Waals surface area (Å²) in [5.74, 6) is 0.568. The molecule has 0 saturated carbocycles. The van der Waals surface area contributed by atoms with Crippen LogP contribution >= 0.6 is 0 Å². The molecule has 0 atom stereocenters. The van der Waals surface area contributed by atoms with E-state index in [9.17, 15) is 0 Å². The first-order valence-corrected chi connectivity index (χ1v) is 8.10. The Bertz CT molecular complexity index is 258. The van der Waals surface area contributed by atoms with Gasteiger partial charge in [0, 0.05) is 7.11 Å². The van der Waals surface area contributed by atoms with Gasteiger partial charge in [-0.1, -0.05) is 69.2 Å². The van der Waals surface area contributed by atoms with Gasteiger partial charge >= 0.3 is 0 Å². The summed E-state index contributed by atoms with van der Waals surface area (Å²) < 4.78 is 5.61. The van der Waals surface area contributed by atoms with Gasteiger partial charge in [-0.25, -0.2) is 0 Å². The average Bonchev–Trinajstić information content (AvgIpc) is 2.04. The molecule has 0 fully saturated rings. The Labute approximate surface area is 128 Å². The summed E-state index contributed by atoms with van der Waals surface area (Å²) in [7, 11) is 1.84. The molecule has 0 rings (SSSR count). The van der Waals surface area contributed by atoms with Crippen LogP contribution in [0.25, 0.3) is 0 Å². The summed E-state index contributed by atoms with van der Waals surface area (Å²) in [5, 5.41) is 0. The van der Waals surface area contributed by atoms with Crippen LogP contribution in [0.5, 0.6) is 0 Å². The SMILES string of the molecule is COCC(C(C)(C)CC(C)(C)C)C(C)(C)CC(C)(C)C. The van der Waals surface area contributed by atoms with Crippen LogP contribution in [0.2, 0.25) is 0 Å². The monoisotopic (exact) mass is 284 g/mol. The molecule has 0 heterocycles. The predicted octanol–water partition coefficient (Wildman–Crippen LogP) is 6.17. The molecule has 1 nitrogen and oxygen atoms in total. The lowest BCUT2D eigenvalue weighted by molar-refractivity contribution is -0.0348. The van der Waals surface area contributed by atoms with E-state index in [-0.39, 0.29) is 10.8 Å². The lowest BCUT2D eigenvalue weighted by Crippen LogP contribution is -2.43. The molecule has 0 aliphatic rings. The molecule has 20 heavy (non-hydrogen) atoms. The largest absolute Gasteiger partial charge is 0.384 e. The van der Waals surface area contributed by atoms with Gasteiger partial charge < -0.3 is 4.74 Å². The van der Waals surface area contributed by atoms with Gasteiger partial charge in [0.25, 0.3) is 0 Å². The third-order valence-electron chi connectivity index (χ3n) is 4.19. The van der Waals surface area contributed by atoms with Gasteiger partial charge in [0.15, 0.2) is 0 Å². The summed E-state index contributed by atoms with van der Waals surface area (Å²) in [5.41, 5.74) is 1.27. The molecule has 0 amide bonds. The van der Waals surface area contributed by atoms with Gasteiger partial charge in [-0.3, -0.25) is 0 Å². The van der Waals surface area contributed by atoms with Gasteiger partial charge in [0.2, 0.25) is 0 Å². The fourth-order valence-corrected chi connectivity index (χ4v) is 4.66. The second-order valence-corrected chi connectivity index (χ2v) is 10.5. The average molecular weight is 285 g/mol. The van der Waals surface area contributed by atoms with Gasteiger partial charge in [-0.2, -0.15) is 0 Å². The second-order valence-electron chi connectivity index (χ2n) is 10.5. The predicted molar refractivity (Wildman–Crippen MR) is 91.1 cm³/mol. The van der Waals surface area contributed by atoms with Crippen LogP contribution < -0.4 is 0 Å². The lowest BCUT2D eigenvalue weighted by Gasteiger charge is -2.49. The number of ether oxygens (including phenoxy) is 1. The lowest BCUT2D eigenvalue weighted by atomic mass is 9.57. The van der Waals surface area contributed by atoms with Crippen molar-refractivity contribution in [2.24, 2.45) is 27.6 Å². The van der Waals surface area contributed by atoms with Crippen LogP contribution in [0.15, 0.2) is 0 Å². The van der Waals surface area contributed by atoms with Gasteiger partial charge in [-0.05, 0) is 40.4 Å². The Morgan fingerprint density at radius 1 is 0.650 bits per heavy atom. The first kappa shape index (κ1) is 20.0. The van der Waals surface area contributed by atoms with E-state index in [4.69, 9.17) is 4.74 Å². The van der Waals surface area contributed by atoms with Crippen molar-refractivity contribution in [2.75, 3.05) is 13.7 Å². The van der Waals surface area contributed by atoms with Crippen molar-refractivity contribution in [3.63, 3.8) is 0 Å². The molecular weight excluding hydrogens is 244 g/mol. The second kappa shape index (κ2) is 6.38. The minimum atomic E-state index is 0.281. The van der Waals surface area contributed by atoms with Crippen molar-refractivity contribution in [1.82, 2.24) is 0 Å². The maximum atomic E-state index is 5.61. The molecule has 122 valence electrons. The normalized spacial score (nSPS) is 15.0. The van der Waals surface area contributed by atoms with Crippen LogP contribution in [0.3, 0.4) is 0 Å². The number of methoxy groups -OCH3 is 1. The molecule has 0 aromatic rings. The van der Waals surface area contributed by atoms with Crippen molar-refractivity contribution in [3.8, 4) is 0 Å². The standard InChI is InChI=1S/C19H40O/c1-16(2,3)13-18(7,8)15(12-20-11)19(9,10)14-17(4,5)6/h15H,12-14H2,1-11H3. The number of hydrogen-bond donors (Lipinski definition) is 0. The molecule has 1 heteroatoms. The minimum absolute atomic E-state index is 0.281. The molecule has 0 bridgehead atoms. The van der Waals surface area contributed by atoms with E-state index < -0.39 is 0 Å². The van der Waals surface area contributed by atoms with E-state index in [1.54, 1.807) is 0 Å². The Morgan fingerprint density at radius 2 is 0.950 bits per heavy atom. The van der Waals surface area contributed by atoms with E-state index in [1.165, 1.54) is 12.8 Å². The molecule has 0 N–H and O–H groups in total. The Morgan fingerprint density at radius 3 is 1.15 bits per heavy atom. The van der Waals surface area contributed by atoms with Gasteiger partial charge in [-0.15, -0.1) is 0 Å². The zero-order valence-corrected chi connectivity index (χ0v) is 16.1. The van der Waals surface area contributed by atoms with Crippen LogP contribution in [0.1, 0.15) is 82.1 Å². The molecule has 0 saturated heterocycles. The Hall–Kier alpha value is -0.0400. The molecule has 0 aromatic carbocycles. The van der Waals surface area contributed by atoms with Crippen molar-refractivity contribution < 1.29 is 4.74 Å². The van der Waals surface area contributed by atoms with Crippen molar-refractivity contribution in [3.05, 3.63) is 0 Å². The van der Waals surface area contributed by atoms with Crippen molar-refractivity contribution in [1.29, 1.82) is 0 Å². The molecule has 0 spiro atoms. The summed E-state index contributed by atoms with van der Waals surface area (Å²) in [6, 6.07) is 0. The summed E-state index contributed by atoms with van der Waals surface area (Å²) in [6.45, 7) is 24.6. The molecule has 0 aliphatic heterocycles. The minimum Gasteiger partial charge on any atom is -0.384 e. The fourth-order valence-electron chi connectivity index (χ4n) is 4.66. The van der Waals surface area contributed by atoms with Crippen LogP contribution in [-0.4, -0.2) is 13.7 Å².